The molecule has 0 bridgehead atoms. The zero-order valence-corrected chi connectivity index (χ0v) is 17.2. The molecule has 0 saturated carbocycles. The molecule has 1 atom stereocenters. The maximum atomic E-state index is 12.7. The van der Waals surface area contributed by atoms with Crippen LogP contribution in [0.4, 0.5) is 14.5 Å². The Morgan fingerprint density at radius 2 is 1.60 bits per heavy atom. The number of hydrogen-bond acceptors (Lipinski definition) is 5. The van der Waals surface area contributed by atoms with Crippen molar-refractivity contribution >= 4 is 21.6 Å². The predicted octanol–water partition coefficient (Wildman–Crippen LogP) is 2.62. The van der Waals surface area contributed by atoms with Crippen molar-refractivity contribution in [1.82, 2.24) is 9.21 Å². The van der Waals surface area contributed by atoms with E-state index in [1.807, 2.05) is 4.90 Å². The van der Waals surface area contributed by atoms with Crippen molar-refractivity contribution in [3.63, 3.8) is 0 Å². The van der Waals surface area contributed by atoms with Gasteiger partial charge in [0.05, 0.1) is 10.9 Å². The van der Waals surface area contributed by atoms with E-state index in [2.05, 4.69) is 10.1 Å². The Balaban J connectivity index is 1.54. The van der Waals surface area contributed by atoms with E-state index in [0.717, 1.165) is 0 Å². The number of carbonyl (C=O) groups excluding carboxylic acids is 1. The van der Waals surface area contributed by atoms with E-state index in [1.54, 1.807) is 37.3 Å². The second kappa shape index (κ2) is 9.50. The first-order valence-corrected chi connectivity index (χ1v) is 10.9. The Morgan fingerprint density at radius 3 is 2.17 bits per heavy atom. The molecule has 0 radical (unpaired) electrons. The van der Waals surface area contributed by atoms with Crippen LogP contribution in [0.1, 0.15) is 6.92 Å². The summed E-state index contributed by atoms with van der Waals surface area (Å²) in [6.45, 7) is 0.243. The van der Waals surface area contributed by atoms with E-state index in [9.17, 15) is 22.0 Å². The van der Waals surface area contributed by atoms with Crippen molar-refractivity contribution in [1.29, 1.82) is 0 Å². The summed E-state index contributed by atoms with van der Waals surface area (Å²) in [5.74, 6) is -0.260. The van der Waals surface area contributed by atoms with Crippen LogP contribution in [0.3, 0.4) is 0 Å². The van der Waals surface area contributed by atoms with E-state index in [0.29, 0.717) is 18.8 Å². The standard InChI is InChI=1S/C20H23F2N3O4S/c1-15(19(26)23-16-7-9-17(10-8-16)29-20(21)22)24-11-13-25(14-12-24)30(27,28)18-5-3-2-4-6-18/h2-10,15,20H,11-14H2,1H3,(H,23,26). The van der Waals surface area contributed by atoms with Gasteiger partial charge in [0.15, 0.2) is 0 Å². The van der Waals surface area contributed by atoms with Crippen molar-refractivity contribution in [3.05, 3.63) is 54.6 Å². The molecule has 0 spiro atoms. The van der Waals surface area contributed by atoms with Crippen LogP contribution in [0.5, 0.6) is 5.75 Å². The van der Waals surface area contributed by atoms with Crippen molar-refractivity contribution in [2.75, 3.05) is 31.5 Å². The van der Waals surface area contributed by atoms with Crippen LogP contribution < -0.4 is 10.1 Å². The van der Waals surface area contributed by atoms with Crippen LogP contribution in [-0.4, -0.2) is 62.4 Å². The second-order valence-electron chi connectivity index (χ2n) is 6.82. The molecule has 1 aliphatic rings. The summed E-state index contributed by atoms with van der Waals surface area (Å²) in [5, 5.41) is 2.73. The molecule has 2 aromatic rings. The minimum atomic E-state index is -3.55. The van der Waals surface area contributed by atoms with Gasteiger partial charge in [0.25, 0.3) is 0 Å². The first kappa shape index (κ1) is 22.1. The Hall–Kier alpha value is -2.56. The molecule has 1 unspecified atom stereocenters. The number of anilines is 1. The summed E-state index contributed by atoms with van der Waals surface area (Å²) in [6, 6.07) is 13.4. The Kier molecular flexibility index (Phi) is 7.01. The molecule has 1 fully saturated rings. The zero-order chi connectivity index (χ0) is 21.7. The summed E-state index contributed by atoms with van der Waals surface area (Å²) in [4.78, 5) is 14.7. The highest BCUT2D eigenvalue weighted by Gasteiger charge is 2.31. The lowest BCUT2D eigenvalue weighted by molar-refractivity contribution is -0.121. The van der Waals surface area contributed by atoms with Crippen LogP contribution in [0.2, 0.25) is 0 Å². The number of carbonyl (C=O) groups is 1. The SMILES string of the molecule is CC(C(=O)Nc1ccc(OC(F)F)cc1)N1CCN(S(=O)(=O)c2ccccc2)CC1. The largest absolute Gasteiger partial charge is 0.435 e. The molecule has 0 aliphatic carbocycles. The molecule has 30 heavy (non-hydrogen) atoms. The van der Waals surface area contributed by atoms with Gasteiger partial charge in [-0.05, 0) is 43.3 Å². The van der Waals surface area contributed by atoms with Crippen molar-refractivity contribution in [2.24, 2.45) is 0 Å². The number of nitrogens with one attached hydrogen (secondary N) is 1. The van der Waals surface area contributed by atoms with E-state index in [4.69, 9.17) is 0 Å². The third kappa shape index (κ3) is 5.32. The molecule has 1 amide bonds. The van der Waals surface area contributed by atoms with Gasteiger partial charge in [0, 0.05) is 31.9 Å². The predicted molar refractivity (Wildman–Crippen MR) is 108 cm³/mol. The van der Waals surface area contributed by atoms with E-state index >= 15 is 0 Å². The molecule has 1 heterocycles. The first-order valence-electron chi connectivity index (χ1n) is 9.42. The third-order valence-corrected chi connectivity index (χ3v) is 6.84. The lowest BCUT2D eigenvalue weighted by atomic mass is 10.2. The summed E-state index contributed by atoms with van der Waals surface area (Å²) < 4.78 is 55.5. The van der Waals surface area contributed by atoms with E-state index < -0.39 is 22.7 Å². The lowest BCUT2D eigenvalue weighted by Gasteiger charge is -2.36. The highest BCUT2D eigenvalue weighted by atomic mass is 32.2. The van der Waals surface area contributed by atoms with E-state index in [1.165, 1.54) is 28.6 Å². The Bertz CT molecular complexity index is 948. The minimum absolute atomic E-state index is 0.00629. The summed E-state index contributed by atoms with van der Waals surface area (Å²) in [5.41, 5.74) is 0.457. The number of hydrogen-bond donors (Lipinski definition) is 1. The van der Waals surface area contributed by atoms with Crippen molar-refractivity contribution in [3.8, 4) is 5.75 Å². The number of piperazine rings is 1. The number of alkyl halides is 2. The highest BCUT2D eigenvalue weighted by Crippen LogP contribution is 2.20. The maximum absolute atomic E-state index is 12.7. The fourth-order valence-electron chi connectivity index (χ4n) is 3.20. The molecule has 10 heteroatoms. The average Bonchev–Trinajstić information content (AvgIpc) is 2.75. The lowest BCUT2D eigenvalue weighted by Crippen LogP contribution is -2.53. The molecule has 7 nitrogen and oxygen atoms in total. The molecule has 162 valence electrons. The second-order valence-corrected chi connectivity index (χ2v) is 8.76. The van der Waals surface area contributed by atoms with Crippen LogP contribution >= 0.6 is 0 Å². The monoisotopic (exact) mass is 439 g/mol. The van der Waals surface area contributed by atoms with Gasteiger partial charge in [-0.15, -0.1) is 0 Å². The number of nitrogens with zero attached hydrogens (tertiary/aromatic N) is 2. The summed E-state index contributed by atoms with van der Waals surface area (Å²) in [7, 11) is -3.55. The van der Waals surface area contributed by atoms with Gasteiger partial charge < -0.3 is 10.1 Å². The van der Waals surface area contributed by atoms with Gasteiger partial charge >= 0.3 is 6.61 Å². The maximum Gasteiger partial charge on any atom is 0.387 e. The average molecular weight is 439 g/mol. The van der Waals surface area contributed by atoms with Gasteiger partial charge in [0.2, 0.25) is 15.9 Å². The quantitative estimate of drug-likeness (QED) is 0.718. The first-order chi connectivity index (χ1) is 14.3. The van der Waals surface area contributed by atoms with Crippen molar-refractivity contribution < 1.29 is 26.7 Å². The van der Waals surface area contributed by atoms with Crippen LogP contribution in [-0.2, 0) is 14.8 Å². The normalized spacial score (nSPS) is 16.9. The smallest absolute Gasteiger partial charge is 0.387 e. The fraction of sp³-hybridized carbons (Fsp3) is 0.350. The molecule has 2 aromatic carbocycles. The van der Waals surface area contributed by atoms with Crippen LogP contribution in [0, 0.1) is 0 Å². The molecular weight excluding hydrogens is 416 g/mol. The molecule has 1 saturated heterocycles. The summed E-state index contributed by atoms with van der Waals surface area (Å²) >= 11 is 0. The zero-order valence-electron chi connectivity index (χ0n) is 16.4. The number of halogens is 2. The van der Waals surface area contributed by atoms with Gasteiger partial charge in [0.1, 0.15) is 5.75 Å². The number of ether oxygens (including phenoxy) is 1. The minimum Gasteiger partial charge on any atom is -0.435 e. The molecule has 1 N–H and O–H groups in total. The third-order valence-electron chi connectivity index (χ3n) is 4.93. The van der Waals surface area contributed by atoms with Crippen LogP contribution in [0.25, 0.3) is 0 Å². The molecule has 1 aliphatic heterocycles. The molecule has 0 aromatic heterocycles. The topological polar surface area (TPSA) is 79.0 Å². The highest BCUT2D eigenvalue weighted by molar-refractivity contribution is 7.89. The van der Waals surface area contributed by atoms with Crippen LogP contribution in [0.15, 0.2) is 59.5 Å². The number of rotatable bonds is 7. The van der Waals surface area contributed by atoms with Gasteiger partial charge in [-0.3, -0.25) is 9.69 Å². The Labute approximate surface area is 174 Å². The van der Waals surface area contributed by atoms with Gasteiger partial charge in [-0.2, -0.15) is 13.1 Å². The van der Waals surface area contributed by atoms with Gasteiger partial charge in [-0.1, -0.05) is 18.2 Å². The fourth-order valence-corrected chi connectivity index (χ4v) is 4.65. The van der Waals surface area contributed by atoms with Gasteiger partial charge in [-0.25, -0.2) is 8.42 Å². The molecule has 3 rings (SSSR count). The molecular formula is C20H23F2N3O4S. The summed E-state index contributed by atoms with van der Waals surface area (Å²) in [6.07, 6.45) is 0. The Morgan fingerprint density at radius 1 is 1.00 bits per heavy atom. The number of sulfonamides is 1. The van der Waals surface area contributed by atoms with Crippen molar-refractivity contribution in [2.45, 2.75) is 24.5 Å². The number of amides is 1. The number of benzene rings is 2. The van der Waals surface area contributed by atoms with E-state index in [-0.39, 0.29) is 29.6 Å².